The van der Waals surface area contributed by atoms with Crippen LogP contribution >= 0.6 is 23.2 Å². The van der Waals surface area contributed by atoms with Crippen molar-refractivity contribution in [3.8, 4) is 0 Å². The van der Waals surface area contributed by atoms with E-state index in [0.29, 0.717) is 22.2 Å². The molecule has 0 unspecified atom stereocenters. The molecule has 1 amide bonds. The second-order valence-electron chi connectivity index (χ2n) is 5.53. The van der Waals surface area contributed by atoms with Crippen molar-refractivity contribution in [2.24, 2.45) is 0 Å². The summed E-state index contributed by atoms with van der Waals surface area (Å²) in [5, 5.41) is 3.77. The quantitative estimate of drug-likeness (QED) is 0.776. The molecule has 0 saturated carbocycles. The molecule has 0 aliphatic heterocycles. The SMILES string of the molecule is CS(=O)(=O)N(CC(=O)NCc1ccc(Cl)cc1)Cc1ccccc1Cl. The molecule has 8 heteroatoms. The van der Waals surface area contributed by atoms with E-state index < -0.39 is 15.9 Å². The van der Waals surface area contributed by atoms with E-state index in [2.05, 4.69) is 5.32 Å². The highest BCUT2D eigenvalue weighted by atomic mass is 35.5. The van der Waals surface area contributed by atoms with Crippen molar-refractivity contribution in [2.45, 2.75) is 13.1 Å². The monoisotopic (exact) mass is 400 g/mol. The number of hydrogen-bond donors (Lipinski definition) is 1. The first-order valence-corrected chi connectivity index (χ1v) is 10.1. The Labute approximate surface area is 157 Å². The smallest absolute Gasteiger partial charge is 0.235 e. The number of rotatable bonds is 7. The minimum absolute atomic E-state index is 0.0346. The van der Waals surface area contributed by atoms with Crippen molar-refractivity contribution in [1.82, 2.24) is 9.62 Å². The molecule has 1 N–H and O–H groups in total. The fourth-order valence-electron chi connectivity index (χ4n) is 2.13. The van der Waals surface area contributed by atoms with Gasteiger partial charge >= 0.3 is 0 Å². The van der Waals surface area contributed by atoms with Crippen molar-refractivity contribution >= 4 is 39.1 Å². The zero-order valence-corrected chi connectivity index (χ0v) is 15.9. The Morgan fingerprint density at radius 2 is 1.72 bits per heavy atom. The summed E-state index contributed by atoms with van der Waals surface area (Å²) in [5.74, 6) is -0.396. The van der Waals surface area contributed by atoms with Crippen molar-refractivity contribution in [3.63, 3.8) is 0 Å². The van der Waals surface area contributed by atoms with E-state index in [9.17, 15) is 13.2 Å². The molecule has 0 atom stereocenters. The van der Waals surface area contributed by atoms with Crippen LogP contribution in [0.4, 0.5) is 0 Å². The van der Waals surface area contributed by atoms with Crippen molar-refractivity contribution < 1.29 is 13.2 Å². The Hall–Kier alpha value is -1.60. The van der Waals surface area contributed by atoms with E-state index >= 15 is 0 Å². The lowest BCUT2D eigenvalue weighted by atomic mass is 10.2. The van der Waals surface area contributed by atoms with Gasteiger partial charge in [0, 0.05) is 23.1 Å². The van der Waals surface area contributed by atoms with Gasteiger partial charge in [0.2, 0.25) is 15.9 Å². The van der Waals surface area contributed by atoms with E-state index in [1.165, 1.54) is 0 Å². The topological polar surface area (TPSA) is 66.5 Å². The molecule has 0 bridgehead atoms. The average Bonchev–Trinajstić information content (AvgIpc) is 2.55. The molecule has 2 aromatic rings. The largest absolute Gasteiger partial charge is 0.351 e. The van der Waals surface area contributed by atoms with Gasteiger partial charge in [-0.2, -0.15) is 4.31 Å². The van der Waals surface area contributed by atoms with Crippen LogP contribution in [0.25, 0.3) is 0 Å². The van der Waals surface area contributed by atoms with Gasteiger partial charge < -0.3 is 5.32 Å². The van der Waals surface area contributed by atoms with Gasteiger partial charge in [-0.05, 0) is 29.3 Å². The van der Waals surface area contributed by atoms with Gasteiger partial charge in [-0.1, -0.05) is 53.5 Å². The summed E-state index contributed by atoms with van der Waals surface area (Å²) in [6, 6.07) is 14.0. The first kappa shape index (κ1) is 19.7. The molecule has 0 aliphatic rings. The first-order valence-electron chi connectivity index (χ1n) is 7.45. The van der Waals surface area contributed by atoms with Crippen LogP contribution in [-0.4, -0.2) is 31.4 Å². The maximum atomic E-state index is 12.1. The third-order valence-electron chi connectivity index (χ3n) is 3.50. The fraction of sp³-hybridized carbons (Fsp3) is 0.235. The Bertz CT molecular complexity index is 839. The highest BCUT2D eigenvalue weighted by Crippen LogP contribution is 2.18. The highest BCUT2D eigenvalue weighted by Gasteiger charge is 2.21. The number of benzene rings is 2. The molecule has 0 spiro atoms. The highest BCUT2D eigenvalue weighted by molar-refractivity contribution is 7.88. The summed E-state index contributed by atoms with van der Waals surface area (Å²) >= 11 is 11.9. The third kappa shape index (κ3) is 6.32. The Balaban J connectivity index is 2.00. The third-order valence-corrected chi connectivity index (χ3v) is 5.31. The van der Waals surface area contributed by atoms with Crippen LogP contribution in [0.1, 0.15) is 11.1 Å². The number of carbonyl (C=O) groups is 1. The van der Waals surface area contributed by atoms with Crippen LogP contribution in [0.3, 0.4) is 0 Å². The molecule has 0 heterocycles. The number of hydrogen-bond acceptors (Lipinski definition) is 3. The molecule has 25 heavy (non-hydrogen) atoms. The zero-order chi connectivity index (χ0) is 18.4. The van der Waals surface area contributed by atoms with Crippen LogP contribution in [0.5, 0.6) is 0 Å². The van der Waals surface area contributed by atoms with Gasteiger partial charge in [-0.25, -0.2) is 8.42 Å². The maximum Gasteiger partial charge on any atom is 0.235 e. The van der Waals surface area contributed by atoms with Crippen LogP contribution in [0.15, 0.2) is 48.5 Å². The standard InChI is InChI=1S/C17H18Cl2N2O3S/c1-25(23,24)21(11-14-4-2-3-5-16(14)19)12-17(22)20-10-13-6-8-15(18)9-7-13/h2-9H,10-12H2,1H3,(H,20,22). The second-order valence-corrected chi connectivity index (χ2v) is 8.35. The zero-order valence-electron chi connectivity index (χ0n) is 13.6. The van der Waals surface area contributed by atoms with Crippen molar-refractivity contribution in [3.05, 3.63) is 69.7 Å². The van der Waals surface area contributed by atoms with E-state index in [4.69, 9.17) is 23.2 Å². The lowest BCUT2D eigenvalue weighted by Gasteiger charge is -2.20. The van der Waals surface area contributed by atoms with Gasteiger partial charge in [0.15, 0.2) is 0 Å². The van der Waals surface area contributed by atoms with E-state index in [1.807, 2.05) is 0 Å². The van der Waals surface area contributed by atoms with Crippen molar-refractivity contribution in [1.29, 1.82) is 0 Å². The number of amides is 1. The average molecular weight is 401 g/mol. The normalized spacial score (nSPS) is 11.5. The molecule has 2 aromatic carbocycles. The van der Waals surface area contributed by atoms with Gasteiger partial charge in [-0.3, -0.25) is 4.79 Å². The summed E-state index contributed by atoms with van der Waals surface area (Å²) in [6.45, 7) is 0.0458. The summed E-state index contributed by atoms with van der Waals surface area (Å²) in [7, 11) is -3.57. The van der Waals surface area contributed by atoms with Crippen LogP contribution in [0.2, 0.25) is 10.0 Å². The van der Waals surface area contributed by atoms with Crippen LogP contribution in [0, 0.1) is 0 Å². The number of carbonyl (C=O) groups excluding carboxylic acids is 1. The van der Waals surface area contributed by atoms with Gasteiger partial charge in [0.05, 0.1) is 12.8 Å². The van der Waals surface area contributed by atoms with Crippen molar-refractivity contribution in [2.75, 3.05) is 12.8 Å². The Morgan fingerprint density at radius 1 is 1.08 bits per heavy atom. The molecular formula is C17H18Cl2N2O3S. The van der Waals surface area contributed by atoms with E-state index in [1.54, 1.807) is 48.5 Å². The molecule has 0 fully saturated rings. The van der Waals surface area contributed by atoms with Gasteiger partial charge in [0.25, 0.3) is 0 Å². The summed E-state index contributed by atoms with van der Waals surface area (Å²) in [5.41, 5.74) is 1.51. The van der Waals surface area contributed by atoms with E-state index in [0.717, 1.165) is 16.1 Å². The second kappa shape index (κ2) is 8.67. The molecule has 5 nitrogen and oxygen atoms in total. The van der Waals surface area contributed by atoms with Crippen LogP contribution in [-0.2, 0) is 27.9 Å². The molecular weight excluding hydrogens is 383 g/mol. The minimum Gasteiger partial charge on any atom is -0.351 e. The number of nitrogens with zero attached hydrogens (tertiary/aromatic N) is 1. The predicted octanol–water partition coefficient (Wildman–Crippen LogP) is 3.07. The predicted molar refractivity (Wildman–Crippen MR) is 100 cm³/mol. The summed E-state index contributed by atoms with van der Waals surface area (Å²) in [6.07, 6.45) is 1.07. The lowest BCUT2D eigenvalue weighted by Crippen LogP contribution is -2.39. The lowest BCUT2D eigenvalue weighted by molar-refractivity contribution is -0.121. The van der Waals surface area contributed by atoms with E-state index in [-0.39, 0.29) is 13.1 Å². The van der Waals surface area contributed by atoms with Gasteiger partial charge in [0.1, 0.15) is 0 Å². The molecule has 2 rings (SSSR count). The van der Waals surface area contributed by atoms with Crippen LogP contribution < -0.4 is 5.32 Å². The molecule has 0 aromatic heterocycles. The Morgan fingerprint density at radius 3 is 2.32 bits per heavy atom. The summed E-state index contributed by atoms with van der Waals surface area (Å²) in [4.78, 5) is 12.1. The maximum absolute atomic E-state index is 12.1. The number of halogens is 2. The number of nitrogens with one attached hydrogen (secondary N) is 1. The number of sulfonamides is 1. The Kier molecular flexibility index (Phi) is 6.84. The minimum atomic E-state index is -3.57. The molecule has 0 radical (unpaired) electrons. The summed E-state index contributed by atoms with van der Waals surface area (Å²) < 4.78 is 25.1. The molecule has 134 valence electrons. The fourth-order valence-corrected chi connectivity index (χ4v) is 3.17. The molecule has 0 saturated heterocycles. The molecule has 0 aliphatic carbocycles. The first-order chi connectivity index (χ1) is 11.8. The van der Waals surface area contributed by atoms with Gasteiger partial charge in [-0.15, -0.1) is 0 Å².